The highest BCUT2D eigenvalue weighted by molar-refractivity contribution is 5.20. The molecular formula is C10H16N2. The molecule has 1 aromatic heterocycles. The Morgan fingerprint density at radius 3 is 2.50 bits per heavy atom. The second-order valence-electron chi connectivity index (χ2n) is 3.57. The molecule has 0 aliphatic heterocycles. The second kappa shape index (κ2) is 3.68. The third-order valence-electron chi connectivity index (χ3n) is 2.00. The van der Waals surface area contributed by atoms with Crippen LogP contribution in [0.3, 0.4) is 0 Å². The standard InChI is InChI=1S/C10H16N2/c1-7(2)10(11)9-4-8(3)5-12-6-9/h4-7,10H,11H2,1-3H3. The van der Waals surface area contributed by atoms with E-state index in [0.29, 0.717) is 5.92 Å². The Kier molecular flexibility index (Phi) is 2.82. The van der Waals surface area contributed by atoms with Crippen molar-refractivity contribution in [3.63, 3.8) is 0 Å². The van der Waals surface area contributed by atoms with Crippen LogP contribution in [-0.4, -0.2) is 4.98 Å². The van der Waals surface area contributed by atoms with Crippen molar-refractivity contribution in [2.45, 2.75) is 26.8 Å². The van der Waals surface area contributed by atoms with E-state index in [9.17, 15) is 0 Å². The minimum absolute atomic E-state index is 0.109. The lowest BCUT2D eigenvalue weighted by Gasteiger charge is -2.15. The Hall–Kier alpha value is -0.890. The van der Waals surface area contributed by atoms with Gasteiger partial charge >= 0.3 is 0 Å². The van der Waals surface area contributed by atoms with E-state index in [1.807, 2.05) is 19.3 Å². The van der Waals surface area contributed by atoms with Crippen LogP contribution < -0.4 is 5.73 Å². The van der Waals surface area contributed by atoms with Crippen LogP contribution in [0.1, 0.15) is 31.0 Å². The van der Waals surface area contributed by atoms with Crippen molar-refractivity contribution in [2.24, 2.45) is 11.7 Å². The summed E-state index contributed by atoms with van der Waals surface area (Å²) in [5.41, 5.74) is 8.27. The van der Waals surface area contributed by atoms with Gasteiger partial charge in [0.05, 0.1) is 0 Å². The third kappa shape index (κ3) is 2.05. The van der Waals surface area contributed by atoms with Crippen LogP contribution in [0.4, 0.5) is 0 Å². The van der Waals surface area contributed by atoms with Gasteiger partial charge in [0.25, 0.3) is 0 Å². The first-order valence-corrected chi connectivity index (χ1v) is 4.28. The molecule has 0 bridgehead atoms. The summed E-state index contributed by atoms with van der Waals surface area (Å²) >= 11 is 0. The molecule has 0 saturated heterocycles. The molecule has 0 aliphatic carbocycles. The van der Waals surface area contributed by atoms with Gasteiger partial charge in [0.1, 0.15) is 0 Å². The number of hydrogen-bond donors (Lipinski definition) is 1. The van der Waals surface area contributed by atoms with E-state index < -0.39 is 0 Å². The zero-order valence-corrected chi connectivity index (χ0v) is 7.91. The molecule has 1 rings (SSSR count). The van der Waals surface area contributed by atoms with Crippen molar-refractivity contribution >= 4 is 0 Å². The first-order chi connectivity index (χ1) is 5.61. The molecule has 2 nitrogen and oxygen atoms in total. The summed E-state index contributed by atoms with van der Waals surface area (Å²) in [4.78, 5) is 4.11. The molecule has 0 spiro atoms. The lowest BCUT2D eigenvalue weighted by molar-refractivity contribution is 0.512. The van der Waals surface area contributed by atoms with Gasteiger partial charge in [-0.25, -0.2) is 0 Å². The van der Waals surface area contributed by atoms with E-state index in [4.69, 9.17) is 5.73 Å². The average Bonchev–Trinajstić information content (AvgIpc) is 2.03. The molecule has 2 heteroatoms. The van der Waals surface area contributed by atoms with Gasteiger partial charge in [-0.05, 0) is 24.0 Å². The van der Waals surface area contributed by atoms with E-state index in [2.05, 4.69) is 24.9 Å². The van der Waals surface area contributed by atoms with E-state index in [-0.39, 0.29) is 6.04 Å². The van der Waals surface area contributed by atoms with Crippen molar-refractivity contribution in [1.82, 2.24) is 4.98 Å². The fourth-order valence-corrected chi connectivity index (χ4v) is 1.15. The van der Waals surface area contributed by atoms with E-state index in [0.717, 1.165) is 5.56 Å². The predicted octanol–water partition coefficient (Wildman–Crippen LogP) is 2.05. The predicted molar refractivity (Wildman–Crippen MR) is 50.7 cm³/mol. The number of pyridine rings is 1. The number of hydrogen-bond acceptors (Lipinski definition) is 2. The van der Waals surface area contributed by atoms with E-state index >= 15 is 0 Å². The minimum atomic E-state index is 0.109. The molecule has 1 aromatic rings. The monoisotopic (exact) mass is 164 g/mol. The lowest BCUT2D eigenvalue weighted by atomic mass is 9.98. The lowest BCUT2D eigenvalue weighted by Crippen LogP contribution is -2.16. The topological polar surface area (TPSA) is 38.9 Å². The van der Waals surface area contributed by atoms with Crippen molar-refractivity contribution in [3.8, 4) is 0 Å². The Bertz CT molecular complexity index is 256. The number of nitrogens with two attached hydrogens (primary N) is 1. The maximum absolute atomic E-state index is 5.97. The Morgan fingerprint density at radius 2 is 2.00 bits per heavy atom. The zero-order chi connectivity index (χ0) is 9.14. The zero-order valence-electron chi connectivity index (χ0n) is 7.91. The summed E-state index contributed by atoms with van der Waals surface area (Å²) in [7, 11) is 0. The average molecular weight is 164 g/mol. The van der Waals surface area contributed by atoms with Gasteiger partial charge in [-0.15, -0.1) is 0 Å². The maximum Gasteiger partial charge on any atom is 0.0333 e. The fourth-order valence-electron chi connectivity index (χ4n) is 1.15. The molecule has 0 aromatic carbocycles. The van der Waals surface area contributed by atoms with Gasteiger partial charge < -0.3 is 5.73 Å². The summed E-state index contributed by atoms with van der Waals surface area (Å²) in [6.45, 7) is 6.27. The van der Waals surface area contributed by atoms with Gasteiger partial charge in [0, 0.05) is 18.4 Å². The number of aromatic nitrogens is 1. The molecule has 0 radical (unpaired) electrons. The SMILES string of the molecule is Cc1cncc(C(N)C(C)C)c1. The van der Waals surface area contributed by atoms with Gasteiger partial charge in [0.15, 0.2) is 0 Å². The first-order valence-electron chi connectivity index (χ1n) is 4.28. The second-order valence-corrected chi connectivity index (χ2v) is 3.57. The molecule has 12 heavy (non-hydrogen) atoms. The van der Waals surface area contributed by atoms with Crippen LogP contribution in [-0.2, 0) is 0 Å². The summed E-state index contributed by atoms with van der Waals surface area (Å²) in [5.74, 6) is 0.466. The molecule has 66 valence electrons. The Balaban J connectivity index is 2.88. The summed E-state index contributed by atoms with van der Waals surface area (Å²) < 4.78 is 0. The molecule has 0 amide bonds. The van der Waals surface area contributed by atoms with Gasteiger partial charge in [-0.3, -0.25) is 4.98 Å². The van der Waals surface area contributed by atoms with Gasteiger partial charge in [0.2, 0.25) is 0 Å². The van der Waals surface area contributed by atoms with Crippen LogP contribution in [0.15, 0.2) is 18.5 Å². The first kappa shape index (κ1) is 9.20. The molecule has 1 atom stereocenters. The van der Waals surface area contributed by atoms with E-state index in [1.165, 1.54) is 5.56 Å². The molecule has 0 fully saturated rings. The molecular weight excluding hydrogens is 148 g/mol. The highest BCUT2D eigenvalue weighted by atomic mass is 14.7. The van der Waals surface area contributed by atoms with Crippen molar-refractivity contribution < 1.29 is 0 Å². The summed E-state index contributed by atoms with van der Waals surface area (Å²) in [6.07, 6.45) is 3.69. The number of nitrogens with zero attached hydrogens (tertiary/aromatic N) is 1. The van der Waals surface area contributed by atoms with Crippen molar-refractivity contribution in [3.05, 3.63) is 29.6 Å². The molecule has 0 aliphatic rings. The summed E-state index contributed by atoms with van der Waals surface area (Å²) in [6, 6.07) is 2.20. The van der Waals surface area contributed by atoms with Crippen LogP contribution in [0.2, 0.25) is 0 Å². The van der Waals surface area contributed by atoms with Crippen molar-refractivity contribution in [1.29, 1.82) is 0 Å². The fraction of sp³-hybridized carbons (Fsp3) is 0.500. The van der Waals surface area contributed by atoms with Gasteiger partial charge in [-0.2, -0.15) is 0 Å². The Labute approximate surface area is 73.8 Å². The van der Waals surface area contributed by atoms with Crippen LogP contribution in [0.5, 0.6) is 0 Å². The van der Waals surface area contributed by atoms with Crippen molar-refractivity contribution in [2.75, 3.05) is 0 Å². The highest BCUT2D eigenvalue weighted by Gasteiger charge is 2.09. The minimum Gasteiger partial charge on any atom is -0.324 e. The number of rotatable bonds is 2. The number of aryl methyl sites for hydroxylation is 1. The highest BCUT2D eigenvalue weighted by Crippen LogP contribution is 2.18. The van der Waals surface area contributed by atoms with Crippen LogP contribution in [0, 0.1) is 12.8 Å². The smallest absolute Gasteiger partial charge is 0.0333 e. The largest absolute Gasteiger partial charge is 0.324 e. The Morgan fingerprint density at radius 1 is 1.33 bits per heavy atom. The van der Waals surface area contributed by atoms with Crippen LogP contribution in [0.25, 0.3) is 0 Å². The molecule has 2 N–H and O–H groups in total. The molecule has 1 heterocycles. The maximum atomic E-state index is 5.97. The third-order valence-corrected chi connectivity index (χ3v) is 2.00. The molecule has 1 unspecified atom stereocenters. The normalized spacial score (nSPS) is 13.4. The van der Waals surface area contributed by atoms with Crippen LogP contribution >= 0.6 is 0 Å². The quantitative estimate of drug-likeness (QED) is 0.726. The summed E-state index contributed by atoms with van der Waals surface area (Å²) in [5, 5.41) is 0. The van der Waals surface area contributed by atoms with E-state index in [1.54, 1.807) is 0 Å². The van der Waals surface area contributed by atoms with Gasteiger partial charge in [-0.1, -0.05) is 19.9 Å². The molecule has 0 saturated carbocycles.